The van der Waals surface area contributed by atoms with Gasteiger partial charge in [0.15, 0.2) is 17.5 Å². The first kappa shape index (κ1) is 29.0. The van der Waals surface area contributed by atoms with Crippen molar-refractivity contribution in [3.05, 3.63) is 175 Å². The molecule has 0 saturated carbocycles. The van der Waals surface area contributed by atoms with E-state index < -0.39 is 0 Å². The first-order valence-electron chi connectivity index (χ1n) is 16.8. The van der Waals surface area contributed by atoms with Crippen LogP contribution in [-0.4, -0.2) is 15.0 Å². The fraction of sp³-hybridized carbons (Fsp3) is 0.0652. The van der Waals surface area contributed by atoms with Crippen LogP contribution in [0.3, 0.4) is 0 Å². The monoisotopic (exact) mass is 627 g/mol. The van der Waals surface area contributed by atoms with Crippen molar-refractivity contribution < 1.29 is 0 Å². The Morgan fingerprint density at radius 3 is 1.51 bits per heavy atom. The molecular formula is C46H33N3. The molecule has 0 aliphatic heterocycles. The van der Waals surface area contributed by atoms with Gasteiger partial charge in [0.25, 0.3) is 0 Å². The van der Waals surface area contributed by atoms with Gasteiger partial charge < -0.3 is 0 Å². The van der Waals surface area contributed by atoms with Crippen LogP contribution in [0, 0.1) is 0 Å². The zero-order valence-electron chi connectivity index (χ0n) is 27.4. The molecule has 3 heteroatoms. The predicted octanol–water partition coefficient (Wildman–Crippen LogP) is 11.7. The van der Waals surface area contributed by atoms with E-state index in [0.29, 0.717) is 17.5 Å². The maximum atomic E-state index is 5.30. The lowest BCUT2D eigenvalue weighted by Crippen LogP contribution is -2.15. The van der Waals surface area contributed by atoms with E-state index in [1.807, 2.05) is 12.1 Å². The lowest BCUT2D eigenvalue weighted by Gasteiger charge is -2.24. The molecule has 0 bridgehead atoms. The molecule has 0 unspecified atom stereocenters. The second-order valence-electron chi connectivity index (χ2n) is 13.3. The zero-order chi connectivity index (χ0) is 33.0. The SMILES string of the molecule is CC1(C)c2ccccc2-c2c(-c3nc(-c4cccc(-c5ccccc5)c4)nc(-c4cccc(-c5ccccc5)c4)n3)cc3ccccc3c21. The minimum atomic E-state index is -0.186. The number of hydrogen-bond donors (Lipinski definition) is 0. The summed E-state index contributed by atoms with van der Waals surface area (Å²) in [6.45, 7) is 4.67. The molecular weight excluding hydrogens is 595 g/mol. The average molecular weight is 628 g/mol. The third kappa shape index (κ3) is 4.94. The third-order valence-electron chi connectivity index (χ3n) is 9.88. The molecule has 0 atom stereocenters. The molecule has 0 spiro atoms. The van der Waals surface area contributed by atoms with Crippen molar-refractivity contribution in [2.24, 2.45) is 0 Å². The summed E-state index contributed by atoms with van der Waals surface area (Å²) < 4.78 is 0. The Hall–Kier alpha value is -6.19. The lowest BCUT2D eigenvalue weighted by atomic mass is 9.79. The summed E-state index contributed by atoms with van der Waals surface area (Å²) in [5.74, 6) is 1.97. The Bertz CT molecular complexity index is 2410. The number of rotatable bonds is 5. The Balaban J connectivity index is 1.32. The van der Waals surface area contributed by atoms with E-state index in [0.717, 1.165) is 38.9 Å². The number of fused-ring (bicyclic) bond motifs is 5. The molecule has 1 aliphatic carbocycles. The normalized spacial score (nSPS) is 12.9. The van der Waals surface area contributed by atoms with E-state index in [1.54, 1.807) is 0 Å². The molecule has 0 saturated heterocycles. The molecule has 9 rings (SSSR count). The van der Waals surface area contributed by atoms with Crippen LogP contribution in [0.5, 0.6) is 0 Å². The van der Waals surface area contributed by atoms with Crippen molar-refractivity contribution >= 4 is 10.8 Å². The summed E-state index contributed by atoms with van der Waals surface area (Å²) >= 11 is 0. The molecule has 232 valence electrons. The predicted molar refractivity (Wildman–Crippen MR) is 202 cm³/mol. The van der Waals surface area contributed by atoms with E-state index in [2.05, 4.69) is 166 Å². The Kier molecular flexibility index (Phi) is 6.80. The molecule has 0 radical (unpaired) electrons. The smallest absolute Gasteiger partial charge is 0.164 e. The van der Waals surface area contributed by atoms with Crippen molar-refractivity contribution in [1.82, 2.24) is 15.0 Å². The first-order valence-corrected chi connectivity index (χ1v) is 16.8. The van der Waals surface area contributed by atoms with Crippen LogP contribution in [0.1, 0.15) is 25.0 Å². The summed E-state index contributed by atoms with van der Waals surface area (Å²) in [5, 5.41) is 2.45. The van der Waals surface area contributed by atoms with Gasteiger partial charge >= 0.3 is 0 Å². The lowest BCUT2D eigenvalue weighted by molar-refractivity contribution is 0.666. The van der Waals surface area contributed by atoms with E-state index in [9.17, 15) is 0 Å². The van der Waals surface area contributed by atoms with Crippen molar-refractivity contribution in [3.63, 3.8) is 0 Å². The summed E-state index contributed by atoms with van der Waals surface area (Å²) in [5.41, 5.74) is 12.4. The van der Waals surface area contributed by atoms with E-state index in [4.69, 9.17) is 15.0 Å². The Morgan fingerprint density at radius 1 is 0.388 bits per heavy atom. The zero-order valence-corrected chi connectivity index (χ0v) is 27.4. The van der Waals surface area contributed by atoms with E-state index in [-0.39, 0.29) is 5.41 Å². The van der Waals surface area contributed by atoms with Crippen molar-refractivity contribution in [3.8, 4) is 67.5 Å². The maximum Gasteiger partial charge on any atom is 0.164 e. The summed E-state index contributed by atoms with van der Waals surface area (Å²) in [6.07, 6.45) is 0. The van der Waals surface area contributed by atoms with Gasteiger partial charge in [0.1, 0.15) is 0 Å². The van der Waals surface area contributed by atoms with Crippen LogP contribution in [0.15, 0.2) is 164 Å². The third-order valence-corrected chi connectivity index (χ3v) is 9.88. The average Bonchev–Trinajstić information content (AvgIpc) is 3.42. The molecule has 0 fully saturated rings. The highest BCUT2D eigenvalue weighted by Gasteiger charge is 2.39. The molecule has 1 heterocycles. The molecule has 7 aromatic carbocycles. The summed E-state index contributed by atoms with van der Waals surface area (Å²) in [7, 11) is 0. The molecule has 0 N–H and O–H groups in total. The van der Waals surface area contributed by atoms with Crippen LogP contribution in [0.2, 0.25) is 0 Å². The summed E-state index contributed by atoms with van der Waals surface area (Å²) in [4.78, 5) is 15.8. The van der Waals surface area contributed by atoms with Gasteiger partial charge in [-0.3, -0.25) is 0 Å². The molecule has 8 aromatic rings. The van der Waals surface area contributed by atoms with Crippen LogP contribution in [0.25, 0.3) is 78.3 Å². The van der Waals surface area contributed by atoms with Crippen LogP contribution in [-0.2, 0) is 5.41 Å². The Labute approximate surface area is 286 Å². The fourth-order valence-corrected chi connectivity index (χ4v) is 7.53. The van der Waals surface area contributed by atoms with Crippen molar-refractivity contribution in [1.29, 1.82) is 0 Å². The molecule has 1 aliphatic rings. The standard InChI is InChI=1S/C46H33N3/c1-46(2)40-26-12-11-25-38(40)41-39(29-34-19-9-10-24-37(34)42(41)46)45-48-43(35-22-13-20-32(27-35)30-15-5-3-6-16-30)47-44(49-45)36-23-14-21-33(28-36)31-17-7-4-8-18-31/h3-29H,1-2H3. The molecule has 0 amide bonds. The second-order valence-corrected chi connectivity index (χ2v) is 13.3. The quantitative estimate of drug-likeness (QED) is 0.191. The second kappa shape index (κ2) is 11.5. The van der Waals surface area contributed by atoms with Crippen molar-refractivity contribution in [2.45, 2.75) is 19.3 Å². The molecule has 3 nitrogen and oxygen atoms in total. The summed E-state index contributed by atoms with van der Waals surface area (Å²) in [6, 6.07) is 57.7. The molecule has 1 aromatic heterocycles. The van der Waals surface area contributed by atoms with Gasteiger partial charge in [-0.05, 0) is 73.5 Å². The molecule has 49 heavy (non-hydrogen) atoms. The Morgan fingerprint density at radius 2 is 0.878 bits per heavy atom. The number of nitrogens with zero attached hydrogens (tertiary/aromatic N) is 3. The number of benzene rings is 7. The minimum Gasteiger partial charge on any atom is -0.208 e. The van der Waals surface area contributed by atoms with Gasteiger partial charge in [-0.15, -0.1) is 0 Å². The minimum absolute atomic E-state index is 0.186. The van der Waals surface area contributed by atoms with E-state index in [1.165, 1.54) is 33.0 Å². The topological polar surface area (TPSA) is 38.7 Å². The highest BCUT2D eigenvalue weighted by atomic mass is 15.0. The van der Waals surface area contributed by atoms with Crippen LogP contribution in [0.4, 0.5) is 0 Å². The number of hydrogen-bond acceptors (Lipinski definition) is 3. The van der Waals surface area contributed by atoms with Gasteiger partial charge in [0, 0.05) is 22.1 Å². The highest BCUT2D eigenvalue weighted by Crippen LogP contribution is 2.54. The van der Waals surface area contributed by atoms with Crippen LogP contribution < -0.4 is 0 Å². The van der Waals surface area contributed by atoms with Gasteiger partial charge in [-0.1, -0.05) is 159 Å². The van der Waals surface area contributed by atoms with Crippen LogP contribution >= 0.6 is 0 Å². The van der Waals surface area contributed by atoms with Gasteiger partial charge in [-0.2, -0.15) is 0 Å². The maximum absolute atomic E-state index is 5.30. The van der Waals surface area contributed by atoms with Gasteiger partial charge in [0.05, 0.1) is 0 Å². The van der Waals surface area contributed by atoms with Gasteiger partial charge in [-0.25, -0.2) is 15.0 Å². The van der Waals surface area contributed by atoms with Crippen molar-refractivity contribution in [2.75, 3.05) is 0 Å². The van der Waals surface area contributed by atoms with E-state index >= 15 is 0 Å². The number of aromatic nitrogens is 3. The largest absolute Gasteiger partial charge is 0.208 e. The highest BCUT2D eigenvalue weighted by molar-refractivity contribution is 6.04. The fourth-order valence-electron chi connectivity index (χ4n) is 7.53. The first-order chi connectivity index (χ1) is 24.0. The van der Waals surface area contributed by atoms with Gasteiger partial charge in [0.2, 0.25) is 0 Å².